The molecule has 0 saturated carbocycles. The summed E-state index contributed by atoms with van der Waals surface area (Å²) in [5, 5.41) is 12.1. The molecule has 1 aliphatic rings. The first-order chi connectivity index (χ1) is 12.5. The number of carbonyl (C=O) groups excluding carboxylic acids is 1. The van der Waals surface area contributed by atoms with Crippen LogP contribution < -0.4 is 5.32 Å². The Hall–Kier alpha value is -2.08. The molecule has 0 spiro atoms. The molecule has 1 aliphatic heterocycles. The number of benzene rings is 1. The van der Waals surface area contributed by atoms with Crippen molar-refractivity contribution in [1.82, 2.24) is 15.1 Å². The molecule has 1 aromatic carbocycles. The highest BCUT2D eigenvalue weighted by molar-refractivity contribution is 5.75. The zero-order valence-electron chi connectivity index (χ0n) is 15.9. The normalized spacial score (nSPS) is 19.2. The van der Waals surface area contributed by atoms with Gasteiger partial charge < -0.3 is 15.3 Å². The minimum absolute atomic E-state index is 0.0542. The Morgan fingerprint density at radius 1 is 1.23 bits per heavy atom. The van der Waals surface area contributed by atoms with Gasteiger partial charge in [0.2, 0.25) is 0 Å². The summed E-state index contributed by atoms with van der Waals surface area (Å²) in [5.74, 6) is -0.833. The second-order valence-corrected chi connectivity index (χ2v) is 6.92. The molecule has 2 amide bonds. The highest BCUT2D eigenvalue weighted by atomic mass is 16.4. The molecule has 2 unspecified atom stereocenters. The van der Waals surface area contributed by atoms with Gasteiger partial charge in [0.05, 0.1) is 0 Å². The fraction of sp³-hybridized carbons (Fsp3) is 0.600. The number of hydrogen-bond acceptors (Lipinski definition) is 3. The summed E-state index contributed by atoms with van der Waals surface area (Å²) in [6, 6.07) is 9.85. The Morgan fingerprint density at radius 3 is 2.58 bits per heavy atom. The number of aliphatic carboxylic acids is 1. The van der Waals surface area contributed by atoms with Crippen molar-refractivity contribution >= 4 is 12.0 Å². The van der Waals surface area contributed by atoms with E-state index in [1.165, 1.54) is 0 Å². The van der Waals surface area contributed by atoms with Gasteiger partial charge in [0.25, 0.3) is 0 Å². The number of amides is 2. The molecule has 26 heavy (non-hydrogen) atoms. The molecule has 1 fully saturated rings. The molecule has 2 atom stereocenters. The Balaban J connectivity index is 2.00. The van der Waals surface area contributed by atoms with Crippen LogP contribution in [0.3, 0.4) is 0 Å². The van der Waals surface area contributed by atoms with Crippen LogP contribution in [0.4, 0.5) is 4.79 Å². The maximum absolute atomic E-state index is 12.9. The number of nitrogens with one attached hydrogen (secondary N) is 1. The Labute approximate surface area is 156 Å². The van der Waals surface area contributed by atoms with Crippen LogP contribution in [-0.2, 0) is 11.2 Å². The molecule has 0 bridgehead atoms. The molecule has 0 aromatic heterocycles. The lowest BCUT2D eigenvalue weighted by molar-refractivity contribution is -0.137. The number of nitrogens with zero attached hydrogens (tertiary/aromatic N) is 2. The van der Waals surface area contributed by atoms with Crippen molar-refractivity contribution in [3.8, 4) is 0 Å². The summed E-state index contributed by atoms with van der Waals surface area (Å²) in [5.41, 5.74) is 1.10. The quantitative estimate of drug-likeness (QED) is 0.746. The lowest BCUT2D eigenvalue weighted by atomic mass is 10.0. The van der Waals surface area contributed by atoms with Gasteiger partial charge in [0.15, 0.2) is 0 Å². The van der Waals surface area contributed by atoms with Crippen molar-refractivity contribution in [1.29, 1.82) is 0 Å². The third kappa shape index (κ3) is 6.02. The smallest absolute Gasteiger partial charge is 0.317 e. The third-order valence-electron chi connectivity index (χ3n) is 5.11. The number of carboxylic acids is 1. The molecule has 1 aromatic rings. The predicted molar refractivity (Wildman–Crippen MR) is 102 cm³/mol. The van der Waals surface area contributed by atoms with Crippen molar-refractivity contribution in [3.63, 3.8) is 0 Å². The van der Waals surface area contributed by atoms with Gasteiger partial charge in [0, 0.05) is 38.1 Å². The monoisotopic (exact) mass is 361 g/mol. The molecule has 1 heterocycles. The second kappa shape index (κ2) is 10.2. The first-order valence-electron chi connectivity index (χ1n) is 9.58. The Bertz CT molecular complexity index is 579. The van der Waals surface area contributed by atoms with E-state index in [-0.39, 0.29) is 24.5 Å². The molecule has 2 rings (SSSR count). The van der Waals surface area contributed by atoms with Gasteiger partial charge in [-0.1, -0.05) is 44.2 Å². The molecular weight excluding hydrogens is 330 g/mol. The Kier molecular flexibility index (Phi) is 7.91. The average molecular weight is 361 g/mol. The largest absolute Gasteiger partial charge is 0.481 e. The van der Waals surface area contributed by atoms with E-state index in [0.717, 1.165) is 38.2 Å². The summed E-state index contributed by atoms with van der Waals surface area (Å²) in [6.07, 6.45) is 2.05. The van der Waals surface area contributed by atoms with E-state index in [2.05, 4.69) is 24.1 Å². The van der Waals surface area contributed by atoms with Crippen LogP contribution in [0.1, 0.15) is 38.7 Å². The van der Waals surface area contributed by atoms with Crippen LogP contribution in [0, 0.1) is 0 Å². The maximum atomic E-state index is 12.9. The number of carboxylic acid groups (broad SMARTS) is 1. The molecule has 1 saturated heterocycles. The zero-order valence-corrected chi connectivity index (χ0v) is 15.9. The fourth-order valence-electron chi connectivity index (χ4n) is 3.50. The number of carbonyl (C=O) groups is 2. The maximum Gasteiger partial charge on any atom is 0.317 e. The standard InChI is InChI=1S/C20H31N3O3/c1-3-18-15-22(4-2)12-13-23(18)20(26)21-17(10-11-19(24)25)14-16-8-6-5-7-9-16/h5-9,17-18H,3-4,10-15H2,1-2H3,(H,21,26)(H,24,25). The highest BCUT2D eigenvalue weighted by Crippen LogP contribution is 2.14. The van der Waals surface area contributed by atoms with Gasteiger partial charge in [0.1, 0.15) is 0 Å². The summed E-state index contributed by atoms with van der Waals surface area (Å²) in [7, 11) is 0. The number of urea groups is 1. The van der Waals surface area contributed by atoms with Crippen molar-refractivity contribution < 1.29 is 14.7 Å². The van der Waals surface area contributed by atoms with Crippen molar-refractivity contribution in [3.05, 3.63) is 35.9 Å². The SMILES string of the molecule is CCC1CN(CC)CCN1C(=O)NC(CCC(=O)O)Cc1ccccc1. The van der Waals surface area contributed by atoms with Gasteiger partial charge in [-0.2, -0.15) is 0 Å². The molecule has 144 valence electrons. The predicted octanol–water partition coefficient (Wildman–Crippen LogP) is 2.59. The molecule has 6 nitrogen and oxygen atoms in total. The number of likely N-dealkylation sites (N-methyl/N-ethyl adjacent to an activating group) is 1. The first-order valence-corrected chi connectivity index (χ1v) is 9.58. The van der Waals surface area contributed by atoms with Crippen LogP contribution in [0.25, 0.3) is 0 Å². The zero-order chi connectivity index (χ0) is 18.9. The summed E-state index contributed by atoms with van der Waals surface area (Å²) in [4.78, 5) is 28.1. The topological polar surface area (TPSA) is 72.9 Å². The summed E-state index contributed by atoms with van der Waals surface area (Å²) >= 11 is 0. The summed E-state index contributed by atoms with van der Waals surface area (Å²) in [6.45, 7) is 7.76. The average Bonchev–Trinajstić information content (AvgIpc) is 2.66. The van der Waals surface area contributed by atoms with E-state index in [4.69, 9.17) is 5.11 Å². The summed E-state index contributed by atoms with van der Waals surface area (Å²) < 4.78 is 0. The lowest BCUT2D eigenvalue weighted by Crippen LogP contribution is -2.58. The van der Waals surface area contributed by atoms with Gasteiger partial charge >= 0.3 is 12.0 Å². The third-order valence-corrected chi connectivity index (χ3v) is 5.11. The van der Waals surface area contributed by atoms with E-state index in [9.17, 15) is 9.59 Å². The second-order valence-electron chi connectivity index (χ2n) is 6.92. The van der Waals surface area contributed by atoms with Crippen LogP contribution in [0.5, 0.6) is 0 Å². The number of hydrogen-bond donors (Lipinski definition) is 2. The van der Waals surface area contributed by atoms with E-state index in [1.54, 1.807) is 0 Å². The molecule has 0 radical (unpaired) electrons. The minimum Gasteiger partial charge on any atom is -0.481 e. The molecular formula is C20H31N3O3. The molecule has 2 N–H and O–H groups in total. The lowest BCUT2D eigenvalue weighted by Gasteiger charge is -2.41. The number of rotatable bonds is 8. The molecule has 0 aliphatic carbocycles. The van der Waals surface area contributed by atoms with Crippen molar-refractivity contribution in [2.75, 3.05) is 26.2 Å². The van der Waals surface area contributed by atoms with Gasteiger partial charge in [-0.15, -0.1) is 0 Å². The van der Waals surface area contributed by atoms with E-state index >= 15 is 0 Å². The van der Waals surface area contributed by atoms with Crippen molar-refractivity contribution in [2.45, 2.75) is 51.6 Å². The fourth-order valence-corrected chi connectivity index (χ4v) is 3.50. The van der Waals surface area contributed by atoms with Crippen LogP contribution in [0.2, 0.25) is 0 Å². The van der Waals surface area contributed by atoms with Crippen LogP contribution in [-0.4, -0.2) is 65.2 Å². The van der Waals surface area contributed by atoms with E-state index in [0.29, 0.717) is 12.8 Å². The molecule has 6 heteroatoms. The van der Waals surface area contributed by atoms with Gasteiger partial charge in [-0.05, 0) is 31.4 Å². The number of piperazine rings is 1. The van der Waals surface area contributed by atoms with Gasteiger partial charge in [-0.3, -0.25) is 9.69 Å². The Morgan fingerprint density at radius 2 is 1.96 bits per heavy atom. The van der Waals surface area contributed by atoms with Crippen molar-refractivity contribution in [2.24, 2.45) is 0 Å². The van der Waals surface area contributed by atoms with Crippen LogP contribution >= 0.6 is 0 Å². The minimum atomic E-state index is -0.833. The van der Waals surface area contributed by atoms with Gasteiger partial charge in [-0.25, -0.2) is 4.79 Å². The van der Waals surface area contributed by atoms with E-state index < -0.39 is 5.97 Å². The van der Waals surface area contributed by atoms with Crippen LogP contribution in [0.15, 0.2) is 30.3 Å². The first kappa shape index (κ1) is 20.2. The van der Waals surface area contributed by atoms with E-state index in [1.807, 2.05) is 35.2 Å². The highest BCUT2D eigenvalue weighted by Gasteiger charge is 2.29.